The van der Waals surface area contributed by atoms with Crippen molar-refractivity contribution in [1.29, 1.82) is 0 Å². The monoisotopic (exact) mass is 245 g/mol. The van der Waals surface area contributed by atoms with Crippen LogP contribution in [0.2, 0.25) is 5.02 Å². The smallest absolute Gasteiger partial charge is 0.129 e. The Hall–Kier alpha value is -0.640. The molecule has 1 atom stereocenters. The third-order valence-corrected chi connectivity index (χ3v) is 2.63. The van der Waals surface area contributed by atoms with Gasteiger partial charge in [0.25, 0.3) is 0 Å². The zero-order valence-electron chi connectivity index (χ0n) is 9.50. The van der Waals surface area contributed by atoms with E-state index >= 15 is 0 Å². The van der Waals surface area contributed by atoms with Gasteiger partial charge >= 0.3 is 0 Å². The van der Waals surface area contributed by atoms with Crippen molar-refractivity contribution >= 4 is 11.6 Å². The summed E-state index contributed by atoms with van der Waals surface area (Å²) in [6.07, 6.45) is 0. The van der Waals surface area contributed by atoms with Crippen LogP contribution >= 0.6 is 11.6 Å². The van der Waals surface area contributed by atoms with E-state index in [1.54, 1.807) is 12.1 Å². The number of halogens is 2. The van der Waals surface area contributed by atoms with E-state index in [4.69, 9.17) is 11.6 Å². The van der Waals surface area contributed by atoms with Gasteiger partial charge < -0.3 is 10.4 Å². The fourth-order valence-electron chi connectivity index (χ4n) is 1.48. The minimum absolute atomic E-state index is 0.173. The zero-order chi connectivity index (χ0) is 12.1. The van der Waals surface area contributed by atoms with Gasteiger partial charge in [-0.1, -0.05) is 31.5 Å². The number of hydrogen-bond acceptors (Lipinski definition) is 2. The van der Waals surface area contributed by atoms with Crippen molar-refractivity contribution in [3.05, 3.63) is 34.6 Å². The lowest BCUT2D eigenvalue weighted by Gasteiger charge is -2.19. The third-order valence-electron chi connectivity index (χ3n) is 2.30. The van der Waals surface area contributed by atoms with Crippen LogP contribution < -0.4 is 5.32 Å². The second-order valence-electron chi connectivity index (χ2n) is 4.17. The normalized spacial score (nSPS) is 13.1. The average molecular weight is 246 g/mol. The van der Waals surface area contributed by atoms with Gasteiger partial charge in [0.15, 0.2) is 0 Å². The number of nitrogens with one attached hydrogen (secondary N) is 1. The molecule has 1 unspecified atom stereocenters. The molecule has 0 aliphatic heterocycles. The summed E-state index contributed by atoms with van der Waals surface area (Å²) in [5.41, 5.74) is 0.340. The van der Waals surface area contributed by atoms with E-state index in [1.165, 1.54) is 6.07 Å². The molecule has 0 aliphatic rings. The largest absolute Gasteiger partial charge is 0.394 e. The highest BCUT2D eigenvalue weighted by Gasteiger charge is 2.17. The van der Waals surface area contributed by atoms with Gasteiger partial charge in [-0.15, -0.1) is 0 Å². The van der Waals surface area contributed by atoms with Crippen molar-refractivity contribution in [3.8, 4) is 0 Å². The second kappa shape index (κ2) is 6.18. The van der Waals surface area contributed by atoms with Gasteiger partial charge in [0, 0.05) is 10.6 Å². The predicted molar refractivity (Wildman–Crippen MR) is 64.1 cm³/mol. The van der Waals surface area contributed by atoms with Crippen molar-refractivity contribution in [2.75, 3.05) is 13.2 Å². The molecule has 1 aromatic carbocycles. The molecule has 90 valence electrons. The summed E-state index contributed by atoms with van der Waals surface area (Å²) in [6.45, 7) is 4.62. The van der Waals surface area contributed by atoms with Gasteiger partial charge in [-0.05, 0) is 24.6 Å². The highest BCUT2D eigenvalue weighted by molar-refractivity contribution is 6.31. The summed E-state index contributed by atoms with van der Waals surface area (Å²) in [6, 6.07) is 4.08. The maximum Gasteiger partial charge on any atom is 0.129 e. The van der Waals surface area contributed by atoms with Crippen LogP contribution in [0.15, 0.2) is 18.2 Å². The molecule has 2 N–H and O–H groups in total. The van der Waals surface area contributed by atoms with Crippen molar-refractivity contribution in [3.63, 3.8) is 0 Å². The van der Waals surface area contributed by atoms with Crippen LogP contribution in [-0.4, -0.2) is 18.3 Å². The van der Waals surface area contributed by atoms with Crippen molar-refractivity contribution in [2.24, 2.45) is 5.92 Å². The van der Waals surface area contributed by atoms with Crippen LogP contribution in [0, 0.1) is 11.7 Å². The molecule has 0 heterocycles. The summed E-state index contributed by atoms with van der Waals surface area (Å²) in [5.74, 6) is 0.0439. The molecule has 0 spiro atoms. The summed E-state index contributed by atoms with van der Waals surface area (Å²) >= 11 is 5.93. The first-order chi connectivity index (χ1) is 7.56. The highest BCUT2D eigenvalue weighted by Crippen LogP contribution is 2.25. The minimum Gasteiger partial charge on any atom is -0.394 e. The first-order valence-corrected chi connectivity index (χ1v) is 5.72. The Morgan fingerprint density at radius 2 is 2.12 bits per heavy atom. The predicted octanol–water partition coefficient (Wildman–Crippen LogP) is 2.76. The molecule has 2 nitrogen and oxygen atoms in total. The number of benzene rings is 1. The second-order valence-corrected chi connectivity index (χ2v) is 4.58. The van der Waals surface area contributed by atoms with E-state index in [0.717, 1.165) is 0 Å². The van der Waals surface area contributed by atoms with Gasteiger partial charge in [0.1, 0.15) is 5.82 Å². The molecule has 0 saturated heterocycles. The molecule has 0 fully saturated rings. The fraction of sp³-hybridized carbons (Fsp3) is 0.500. The SMILES string of the molecule is CC(C)CNC(CO)c1c(F)cccc1Cl. The minimum atomic E-state index is -0.448. The Bertz CT molecular complexity index is 324. The van der Waals surface area contributed by atoms with E-state index in [9.17, 15) is 9.50 Å². The first kappa shape index (κ1) is 13.4. The van der Waals surface area contributed by atoms with Gasteiger partial charge in [0.2, 0.25) is 0 Å². The van der Waals surface area contributed by atoms with Crippen LogP contribution in [-0.2, 0) is 0 Å². The van der Waals surface area contributed by atoms with E-state index in [2.05, 4.69) is 5.32 Å². The fourth-order valence-corrected chi connectivity index (χ4v) is 1.77. The van der Waals surface area contributed by atoms with Crippen LogP contribution in [0.3, 0.4) is 0 Å². The van der Waals surface area contributed by atoms with E-state index in [0.29, 0.717) is 23.0 Å². The van der Waals surface area contributed by atoms with Gasteiger partial charge in [-0.2, -0.15) is 0 Å². The van der Waals surface area contributed by atoms with Crippen LogP contribution in [0.25, 0.3) is 0 Å². The lowest BCUT2D eigenvalue weighted by atomic mass is 10.1. The Labute approximate surface area is 100 Å². The molecule has 1 rings (SSSR count). The van der Waals surface area contributed by atoms with Crippen LogP contribution in [0.1, 0.15) is 25.5 Å². The lowest BCUT2D eigenvalue weighted by Crippen LogP contribution is -2.28. The maximum absolute atomic E-state index is 13.6. The first-order valence-electron chi connectivity index (χ1n) is 5.34. The van der Waals surface area contributed by atoms with E-state index < -0.39 is 6.04 Å². The molecule has 0 saturated carbocycles. The van der Waals surface area contributed by atoms with Crippen LogP contribution in [0.4, 0.5) is 4.39 Å². The Kier molecular flexibility index (Phi) is 5.19. The number of aliphatic hydroxyl groups excluding tert-OH is 1. The van der Waals surface area contributed by atoms with Crippen molar-refractivity contribution in [1.82, 2.24) is 5.32 Å². The van der Waals surface area contributed by atoms with Gasteiger partial charge in [0.05, 0.1) is 12.6 Å². The highest BCUT2D eigenvalue weighted by atomic mass is 35.5. The molecule has 0 aliphatic carbocycles. The molecule has 1 aromatic rings. The van der Waals surface area contributed by atoms with E-state index in [1.807, 2.05) is 13.8 Å². The Balaban J connectivity index is 2.86. The van der Waals surface area contributed by atoms with Crippen LogP contribution in [0.5, 0.6) is 0 Å². The Morgan fingerprint density at radius 1 is 1.44 bits per heavy atom. The number of hydrogen-bond donors (Lipinski definition) is 2. The summed E-state index contributed by atoms with van der Waals surface area (Å²) in [5, 5.41) is 12.7. The number of rotatable bonds is 5. The quantitative estimate of drug-likeness (QED) is 0.836. The summed E-state index contributed by atoms with van der Waals surface area (Å²) in [7, 11) is 0. The molecule has 0 aromatic heterocycles. The molecular formula is C12H17ClFNO. The molecule has 16 heavy (non-hydrogen) atoms. The lowest BCUT2D eigenvalue weighted by molar-refractivity contribution is 0.238. The molecule has 0 amide bonds. The standard InChI is InChI=1S/C12H17ClFNO/c1-8(2)6-15-11(7-16)12-9(13)4-3-5-10(12)14/h3-5,8,11,15-16H,6-7H2,1-2H3. The molecule has 4 heteroatoms. The van der Waals surface area contributed by atoms with Crippen molar-refractivity contribution in [2.45, 2.75) is 19.9 Å². The van der Waals surface area contributed by atoms with Crippen molar-refractivity contribution < 1.29 is 9.50 Å². The van der Waals surface area contributed by atoms with E-state index in [-0.39, 0.29) is 12.4 Å². The number of aliphatic hydroxyl groups is 1. The third kappa shape index (κ3) is 3.44. The van der Waals surface area contributed by atoms with Gasteiger partial charge in [-0.25, -0.2) is 4.39 Å². The Morgan fingerprint density at radius 3 is 2.62 bits per heavy atom. The van der Waals surface area contributed by atoms with Gasteiger partial charge in [-0.3, -0.25) is 0 Å². The maximum atomic E-state index is 13.6. The summed E-state index contributed by atoms with van der Waals surface area (Å²) < 4.78 is 13.6. The molecular weight excluding hydrogens is 229 g/mol. The molecule has 0 radical (unpaired) electrons. The summed E-state index contributed by atoms with van der Waals surface area (Å²) in [4.78, 5) is 0. The zero-order valence-corrected chi connectivity index (χ0v) is 10.3. The molecule has 0 bridgehead atoms. The average Bonchev–Trinajstić information content (AvgIpc) is 2.22. The topological polar surface area (TPSA) is 32.3 Å².